The molecule has 25 heavy (non-hydrogen) atoms. The molecule has 4 nitrogen and oxygen atoms in total. The molecule has 0 spiro atoms. The summed E-state index contributed by atoms with van der Waals surface area (Å²) >= 11 is -3.09. The molecule has 0 aliphatic heterocycles. The Hall–Kier alpha value is -2.52. The Kier molecular flexibility index (Phi) is 5.25. The van der Waals surface area contributed by atoms with Gasteiger partial charge in [0, 0.05) is 0 Å². The Morgan fingerprint density at radius 3 is 1.44 bits per heavy atom. The van der Waals surface area contributed by atoms with Gasteiger partial charge in [0.25, 0.3) is 0 Å². The van der Waals surface area contributed by atoms with E-state index in [-0.39, 0.29) is 11.1 Å². The van der Waals surface area contributed by atoms with Crippen LogP contribution >= 0.6 is 0 Å². The third-order valence-electron chi connectivity index (χ3n) is 3.77. The van der Waals surface area contributed by atoms with E-state index >= 15 is 0 Å². The molecule has 3 aromatic rings. The van der Waals surface area contributed by atoms with Crippen molar-refractivity contribution in [2.75, 3.05) is 0 Å². The van der Waals surface area contributed by atoms with Crippen LogP contribution in [0.2, 0.25) is 0 Å². The van der Waals surface area contributed by atoms with E-state index in [4.69, 9.17) is 0 Å². The summed E-state index contributed by atoms with van der Waals surface area (Å²) in [4.78, 5) is 23.4. The first kappa shape index (κ1) is 17.3. The van der Waals surface area contributed by atoms with E-state index in [1.54, 1.807) is 24.3 Å². The van der Waals surface area contributed by atoms with E-state index in [9.17, 15) is 19.8 Å². The molecule has 0 fully saturated rings. The average molecular weight is 528 g/mol. The van der Waals surface area contributed by atoms with E-state index in [1.807, 2.05) is 54.6 Å². The van der Waals surface area contributed by atoms with Crippen LogP contribution in [0, 0.1) is 0 Å². The van der Waals surface area contributed by atoms with Gasteiger partial charge in [-0.1, -0.05) is 0 Å². The van der Waals surface area contributed by atoms with E-state index in [0.29, 0.717) is 0 Å². The Bertz CT molecular complexity index is 864. The fraction of sp³-hybridized carbons (Fsp3) is 0. The van der Waals surface area contributed by atoms with Crippen LogP contribution in [0.25, 0.3) is 0 Å². The third kappa shape index (κ3) is 3.62. The SMILES string of the molecule is O=C(O)c1cccc[c]1[Bi]([c]1ccccc1)[c]1ccccc1C(=O)O. The zero-order chi connectivity index (χ0) is 17.8. The van der Waals surface area contributed by atoms with Crippen LogP contribution in [0.3, 0.4) is 0 Å². The minimum atomic E-state index is -3.09. The molecule has 0 aliphatic rings. The second-order valence-corrected chi connectivity index (χ2v) is 13.7. The third-order valence-corrected chi connectivity index (χ3v) is 13.7. The van der Waals surface area contributed by atoms with Gasteiger partial charge in [0.1, 0.15) is 0 Å². The molecule has 0 radical (unpaired) electrons. The summed E-state index contributed by atoms with van der Waals surface area (Å²) < 4.78 is 2.58. The van der Waals surface area contributed by atoms with Gasteiger partial charge < -0.3 is 0 Å². The number of hydrogen-bond donors (Lipinski definition) is 2. The molecule has 0 aliphatic carbocycles. The molecule has 2 N–H and O–H groups in total. The summed E-state index contributed by atoms with van der Waals surface area (Å²) in [5.41, 5.74) is 0.508. The predicted octanol–water partition coefficient (Wildman–Crippen LogP) is 1.60. The maximum absolute atomic E-state index is 11.7. The number of hydrogen-bond acceptors (Lipinski definition) is 2. The van der Waals surface area contributed by atoms with Gasteiger partial charge in [-0.15, -0.1) is 0 Å². The van der Waals surface area contributed by atoms with Crippen LogP contribution < -0.4 is 9.81 Å². The van der Waals surface area contributed by atoms with Crippen molar-refractivity contribution in [2.45, 2.75) is 0 Å². The number of carboxylic acids is 2. The Morgan fingerprint density at radius 2 is 1.00 bits per heavy atom. The standard InChI is InChI=1S/2C7H5O2.C6H5.Bi/c2*8-7(9)6-4-2-1-3-5-6;1-2-4-6-5-3-1;/h2*1-4H,(H,8,9);1-5H;. The number of benzene rings is 3. The van der Waals surface area contributed by atoms with Crippen LogP contribution in [-0.2, 0) is 0 Å². The second kappa shape index (κ2) is 7.58. The van der Waals surface area contributed by atoms with Gasteiger partial charge in [-0.3, -0.25) is 0 Å². The summed E-state index contributed by atoms with van der Waals surface area (Å²) in [5, 5.41) is 19.2. The minimum absolute atomic E-state index is 0.254. The first-order valence-electron chi connectivity index (χ1n) is 7.59. The second-order valence-electron chi connectivity index (χ2n) is 5.32. The molecule has 0 saturated carbocycles. The number of aromatic carboxylic acids is 2. The van der Waals surface area contributed by atoms with Crippen molar-refractivity contribution in [1.29, 1.82) is 0 Å². The van der Waals surface area contributed by atoms with Crippen LogP contribution in [-0.4, -0.2) is 43.9 Å². The summed E-state index contributed by atoms with van der Waals surface area (Å²) in [6.45, 7) is 0. The number of rotatable bonds is 5. The van der Waals surface area contributed by atoms with Gasteiger partial charge in [0.2, 0.25) is 0 Å². The van der Waals surface area contributed by atoms with Crippen molar-refractivity contribution in [3.8, 4) is 0 Å². The van der Waals surface area contributed by atoms with Crippen molar-refractivity contribution in [1.82, 2.24) is 0 Å². The van der Waals surface area contributed by atoms with Gasteiger partial charge in [-0.25, -0.2) is 0 Å². The fourth-order valence-corrected chi connectivity index (χ4v) is 12.7. The molecule has 5 heteroatoms. The zero-order valence-corrected chi connectivity index (χ0v) is 16.6. The van der Waals surface area contributed by atoms with Crippen molar-refractivity contribution in [3.63, 3.8) is 0 Å². The predicted molar refractivity (Wildman–Crippen MR) is 97.9 cm³/mol. The molecule has 0 bridgehead atoms. The monoisotopic (exact) mass is 528 g/mol. The van der Waals surface area contributed by atoms with E-state index in [1.165, 1.54) is 0 Å². The van der Waals surface area contributed by atoms with E-state index in [0.717, 1.165) is 9.81 Å². The van der Waals surface area contributed by atoms with E-state index in [2.05, 4.69) is 0 Å². The normalized spacial score (nSPS) is 10.6. The molecule has 0 heterocycles. The molecule has 3 aromatic carbocycles. The van der Waals surface area contributed by atoms with Crippen molar-refractivity contribution in [3.05, 3.63) is 90.0 Å². The van der Waals surface area contributed by atoms with Crippen molar-refractivity contribution < 1.29 is 19.8 Å². The topological polar surface area (TPSA) is 74.6 Å². The van der Waals surface area contributed by atoms with Crippen LogP contribution in [0.5, 0.6) is 0 Å². The molecule has 0 atom stereocenters. The molecule has 124 valence electrons. The van der Waals surface area contributed by atoms with Crippen LogP contribution in [0.4, 0.5) is 0 Å². The number of carboxylic acid groups (broad SMARTS) is 2. The maximum atomic E-state index is 11.7. The summed E-state index contributed by atoms with van der Waals surface area (Å²) in [6.07, 6.45) is 0. The van der Waals surface area contributed by atoms with Gasteiger partial charge in [0.05, 0.1) is 0 Å². The Labute approximate surface area is 153 Å². The molecular formula is C20H15BiO4. The molecule has 0 amide bonds. The van der Waals surface area contributed by atoms with Gasteiger partial charge in [-0.05, 0) is 0 Å². The average Bonchev–Trinajstić information content (AvgIpc) is 2.63. The van der Waals surface area contributed by atoms with E-state index < -0.39 is 33.7 Å². The summed E-state index contributed by atoms with van der Waals surface area (Å²) in [5.74, 6) is -1.97. The molecule has 0 unspecified atom stereocenters. The Morgan fingerprint density at radius 1 is 0.600 bits per heavy atom. The first-order chi connectivity index (χ1) is 12.1. The van der Waals surface area contributed by atoms with Crippen molar-refractivity contribution in [2.24, 2.45) is 0 Å². The van der Waals surface area contributed by atoms with Crippen molar-refractivity contribution >= 4 is 43.5 Å². The summed E-state index contributed by atoms with van der Waals surface area (Å²) in [7, 11) is 0. The van der Waals surface area contributed by atoms with Crippen LogP contribution in [0.15, 0.2) is 78.9 Å². The van der Waals surface area contributed by atoms with Gasteiger partial charge >= 0.3 is 153 Å². The first-order valence-corrected chi connectivity index (χ1v) is 12.8. The fourth-order valence-electron chi connectivity index (χ4n) is 2.68. The zero-order valence-electron chi connectivity index (χ0n) is 13.2. The Balaban J connectivity index is 2.30. The van der Waals surface area contributed by atoms with Crippen LogP contribution in [0.1, 0.15) is 20.7 Å². The van der Waals surface area contributed by atoms with Gasteiger partial charge in [0.15, 0.2) is 0 Å². The number of carbonyl (C=O) groups is 2. The molecule has 3 rings (SSSR count). The molecule has 0 aromatic heterocycles. The molecular weight excluding hydrogens is 513 g/mol. The van der Waals surface area contributed by atoms with Gasteiger partial charge in [-0.2, -0.15) is 0 Å². The quantitative estimate of drug-likeness (QED) is 0.494. The summed E-state index contributed by atoms with van der Waals surface area (Å²) in [6, 6.07) is 23.5. The molecule has 0 saturated heterocycles.